The number of carbonyl (C=O) groups is 3. The fraction of sp³-hybridized carbons (Fsp3) is 0.550. The molecule has 2 heterocycles. The first kappa shape index (κ1) is 19.2. The second-order valence-corrected chi connectivity index (χ2v) is 7.41. The second kappa shape index (κ2) is 7.98. The zero-order valence-corrected chi connectivity index (χ0v) is 16.2. The summed E-state index contributed by atoms with van der Waals surface area (Å²) in [6.07, 6.45) is 0.195. The molecule has 0 aromatic heterocycles. The molecule has 1 unspecified atom stereocenters. The van der Waals surface area contributed by atoms with Crippen LogP contribution in [0.15, 0.2) is 24.3 Å². The number of anilines is 2. The number of benzene rings is 1. The molecule has 0 spiro atoms. The zero-order valence-electron chi connectivity index (χ0n) is 16.2. The molecule has 7 nitrogen and oxygen atoms in total. The van der Waals surface area contributed by atoms with Gasteiger partial charge in [0, 0.05) is 56.4 Å². The number of methoxy groups -OCH3 is 1. The molecule has 2 saturated heterocycles. The van der Waals surface area contributed by atoms with Crippen LogP contribution in [0.2, 0.25) is 0 Å². The van der Waals surface area contributed by atoms with Gasteiger partial charge in [-0.2, -0.15) is 0 Å². The van der Waals surface area contributed by atoms with Crippen molar-refractivity contribution in [2.24, 2.45) is 11.8 Å². The molecule has 27 heavy (non-hydrogen) atoms. The molecule has 0 radical (unpaired) electrons. The average molecular weight is 373 g/mol. The van der Waals surface area contributed by atoms with Crippen LogP contribution in [0.5, 0.6) is 0 Å². The lowest BCUT2D eigenvalue weighted by molar-refractivity contribution is -0.145. The van der Waals surface area contributed by atoms with Crippen LogP contribution in [0.3, 0.4) is 0 Å². The van der Waals surface area contributed by atoms with Gasteiger partial charge in [-0.3, -0.25) is 14.4 Å². The molecule has 1 aromatic rings. The quantitative estimate of drug-likeness (QED) is 0.749. The largest absolute Gasteiger partial charge is 0.469 e. The normalized spacial score (nSPS) is 20.4. The van der Waals surface area contributed by atoms with E-state index in [0.717, 1.165) is 37.6 Å². The van der Waals surface area contributed by atoms with E-state index in [1.54, 1.807) is 4.90 Å². The lowest BCUT2D eigenvalue weighted by Crippen LogP contribution is -2.49. The van der Waals surface area contributed by atoms with Crippen molar-refractivity contribution in [2.75, 3.05) is 49.6 Å². The van der Waals surface area contributed by atoms with Gasteiger partial charge in [0.25, 0.3) is 0 Å². The highest BCUT2D eigenvalue weighted by Crippen LogP contribution is 2.28. The van der Waals surface area contributed by atoms with E-state index in [1.807, 2.05) is 43.0 Å². The van der Waals surface area contributed by atoms with E-state index < -0.39 is 5.92 Å². The van der Waals surface area contributed by atoms with Crippen LogP contribution >= 0.6 is 0 Å². The van der Waals surface area contributed by atoms with Gasteiger partial charge in [-0.05, 0) is 24.3 Å². The summed E-state index contributed by atoms with van der Waals surface area (Å²) >= 11 is 0. The fourth-order valence-electron chi connectivity index (χ4n) is 3.68. The van der Waals surface area contributed by atoms with E-state index in [1.165, 1.54) is 7.11 Å². The van der Waals surface area contributed by atoms with E-state index in [9.17, 15) is 14.4 Å². The van der Waals surface area contributed by atoms with Crippen molar-refractivity contribution >= 4 is 29.2 Å². The molecule has 146 valence electrons. The van der Waals surface area contributed by atoms with Gasteiger partial charge in [-0.15, -0.1) is 0 Å². The third-order valence-electron chi connectivity index (χ3n) is 5.27. The van der Waals surface area contributed by atoms with Crippen molar-refractivity contribution in [2.45, 2.75) is 20.3 Å². The number of esters is 1. The van der Waals surface area contributed by atoms with Gasteiger partial charge in [0.1, 0.15) is 0 Å². The Bertz CT molecular complexity index is 708. The first-order chi connectivity index (χ1) is 12.9. The fourth-order valence-corrected chi connectivity index (χ4v) is 3.68. The number of hydrogen-bond acceptors (Lipinski definition) is 5. The van der Waals surface area contributed by atoms with Crippen LogP contribution in [0, 0.1) is 11.8 Å². The Labute approximate surface area is 159 Å². The second-order valence-electron chi connectivity index (χ2n) is 7.41. The predicted molar refractivity (Wildman–Crippen MR) is 103 cm³/mol. The maximum absolute atomic E-state index is 12.2. The van der Waals surface area contributed by atoms with E-state index in [2.05, 4.69) is 4.90 Å². The summed E-state index contributed by atoms with van der Waals surface area (Å²) in [5.74, 6) is -0.552. The molecule has 0 saturated carbocycles. The summed E-state index contributed by atoms with van der Waals surface area (Å²) < 4.78 is 4.75. The Hall–Kier alpha value is -2.57. The molecule has 3 rings (SSSR count). The summed E-state index contributed by atoms with van der Waals surface area (Å²) in [6.45, 7) is 7.26. The number of ether oxygens (including phenoxy) is 1. The monoisotopic (exact) mass is 373 g/mol. The molecule has 7 heteroatoms. The number of carbonyl (C=O) groups excluding carboxylic acids is 3. The van der Waals surface area contributed by atoms with Gasteiger partial charge < -0.3 is 19.4 Å². The smallest absolute Gasteiger partial charge is 0.311 e. The van der Waals surface area contributed by atoms with Crippen molar-refractivity contribution < 1.29 is 19.1 Å². The van der Waals surface area contributed by atoms with Gasteiger partial charge in [0.2, 0.25) is 11.8 Å². The van der Waals surface area contributed by atoms with E-state index in [0.29, 0.717) is 6.54 Å². The third kappa shape index (κ3) is 4.07. The van der Waals surface area contributed by atoms with E-state index >= 15 is 0 Å². The van der Waals surface area contributed by atoms with Gasteiger partial charge >= 0.3 is 5.97 Å². The molecule has 1 aromatic carbocycles. The maximum Gasteiger partial charge on any atom is 0.311 e. The van der Waals surface area contributed by atoms with E-state index in [4.69, 9.17) is 4.74 Å². The predicted octanol–water partition coefficient (Wildman–Crippen LogP) is 1.52. The third-order valence-corrected chi connectivity index (χ3v) is 5.27. The maximum atomic E-state index is 12.2. The Morgan fingerprint density at radius 3 is 2.19 bits per heavy atom. The van der Waals surface area contributed by atoms with Crippen LogP contribution < -0.4 is 9.80 Å². The number of rotatable bonds is 4. The summed E-state index contributed by atoms with van der Waals surface area (Å²) in [5.41, 5.74) is 1.87. The first-order valence-electron chi connectivity index (χ1n) is 9.42. The molecule has 0 bridgehead atoms. The molecular formula is C20H27N3O4. The highest BCUT2D eigenvalue weighted by molar-refractivity contribution is 5.99. The minimum absolute atomic E-state index is 0.0302. The van der Waals surface area contributed by atoms with Gasteiger partial charge in [-0.1, -0.05) is 13.8 Å². The number of nitrogens with zero attached hydrogens (tertiary/aromatic N) is 3. The van der Waals surface area contributed by atoms with Gasteiger partial charge in [-0.25, -0.2) is 0 Å². The summed E-state index contributed by atoms with van der Waals surface area (Å²) in [7, 11) is 1.35. The number of hydrogen-bond donors (Lipinski definition) is 0. The first-order valence-corrected chi connectivity index (χ1v) is 9.42. The number of piperazine rings is 1. The van der Waals surface area contributed by atoms with Crippen LogP contribution in [0.4, 0.5) is 11.4 Å². The Balaban J connectivity index is 1.61. The molecule has 2 fully saturated rings. The van der Waals surface area contributed by atoms with Crippen molar-refractivity contribution in [3.8, 4) is 0 Å². The topological polar surface area (TPSA) is 70.2 Å². The van der Waals surface area contributed by atoms with Crippen LogP contribution in [-0.2, 0) is 19.1 Å². The van der Waals surface area contributed by atoms with Crippen LogP contribution in [0.1, 0.15) is 20.3 Å². The minimum Gasteiger partial charge on any atom is -0.469 e. The highest BCUT2D eigenvalue weighted by atomic mass is 16.5. The number of amides is 2. The van der Waals surface area contributed by atoms with Crippen LogP contribution in [0.25, 0.3) is 0 Å². The Morgan fingerprint density at radius 2 is 1.63 bits per heavy atom. The van der Waals surface area contributed by atoms with Crippen molar-refractivity contribution in [1.82, 2.24) is 4.90 Å². The Kier molecular flexibility index (Phi) is 5.68. The summed E-state index contributed by atoms with van der Waals surface area (Å²) in [6, 6.07) is 7.82. The molecule has 2 amide bonds. The highest BCUT2D eigenvalue weighted by Gasteiger charge is 2.35. The lowest BCUT2D eigenvalue weighted by atomic mass is 10.1. The summed E-state index contributed by atoms with van der Waals surface area (Å²) in [4.78, 5) is 41.8. The zero-order chi connectivity index (χ0) is 19.6. The van der Waals surface area contributed by atoms with Crippen LogP contribution in [-0.4, -0.2) is 62.5 Å². The van der Waals surface area contributed by atoms with E-state index in [-0.39, 0.29) is 30.1 Å². The van der Waals surface area contributed by atoms with Crippen molar-refractivity contribution in [3.05, 3.63) is 24.3 Å². The summed E-state index contributed by atoms with van der Waals surface area (Å²) in [5, 5.41) is 0. The molecule has 2 aliphatic rings. The lowest BCUT2D eigenvalue weighted by Gasteiger charge is -2.37. The Morgan fingerprint density at radius 1 is 1.04 bits per heavy atom. The minimum atomic E-state index is -0.395. The standard InChI is InChI=1S/C20H27N3O4/c1-14(2)19(25)22-10-8-21(9-11-22)16-4-6-17(7-5-16)23-13-15(12-18(23)24)20(26)27-3/h4-7,14-15H,8-13H2,1-3H3. The molecule has 0 N–H and O–H groups in total. The van der Waals surface area contributed by atoms with Gasteiger partial charge in [0.15, 0.2) is 0 Å². The van der Waals surface area contributed by atoms with Crippen molar-refractivity contribution in [1.29, 1.82) is 0 Å². The molecular weight excluding hydrogens is 346 g/mol. The van der Waals surface area contributed by atoms with Crippen molar-refractivity contribution in [3.63, 3.8) is 0 Å². The molecule has 0 aliphatic carbocycles. The van der Waals surface area contributed by atoms with Gasteiger partial charge in [0.05, 0.1) is 13.0 Å². The molecule has 2 aliphatic heterocycles. The SMILES string of the molecule is COC(=O)C1CC(=O)N(c2ccc(N3CCN(C(=O)C(C)C)CC3)cc2)C1. The average Bonchev–Trinajstić information content (AvgIpc) is 3.08. The molecule has 1 atom stereocenters.